The van der Waals surface area contributed by atoms with Crippen molar-refractivity contribution >= 4 is 32.7 Å². The second-order valence-corrected chi connectivity index (χ2v) is 6.36. The molecule has 4 rings (SSSR count). The van der Waals surface area contributed by atoms with Gasteiger partial charge in [-0.3, -0.25) is 4.79 Å². The summed E-state index contributed by atoms with van der Waals surface area (Å²) in [7, 11) is 0. The van der Waals surface area contributed by atoms with Gasteiger partial charge in [0.1, 0.15) is 17.0 Å². The van der Waals surface area contributed by atoms with Crippen LogP contribution in [0.15, 0.2) is 68.0 Å². The van der Waals surface area contributed by atoms with Crippen molar-refractivity contribution in [2.24, 2.45) is 0 Å². The van der Waals surface area contributed by atoms with Crippen LogP contribution in [-0.2, 0) is 0 Å². The lowest BCUT2D eigenvalue weighted by atomic mass is 10.0. The molecule has 0 saturated carbocycles. The Labute approximate surface area is 146 Å². The average molecular weight is 382 g/mol. The number of nitrogens with zero attached hydrogens (tertiary/aromatic N) is 1. The fourth-order valence-electron chi connectivity index (χ4n) is 2.66. The third-order valence-electron chi connectivity index (χ3n) is 3.86. The van der Waals surface area contributed by atoms with Gasteiger partial charge < -0.3 is 8.94 Å². The number of para-hydroxylation sites is 1. The van der Waals surface area contributed by atoms with Crippen molar-refractivity contribution in [2.75, 3.05) is 0 Å². The minimum absolute atomic E-state index is 0.233. The van der Waals surface area contributed by atoms with Crippen LogP contribution >= 0.6 is 15.9 Å². The van der Waals surface area contributed by atoms with Crippen molar-refractivity contribution in [2.45, 2.75) is 6.92 Å². The van der Waals surface area contributed by atoms with Gasteiger partial charge in [-0.1, -0.05) is 51.4 Å². The lowest BCUT2D eigenvalue weighted by molar-refractivity contribution is 0.101. The number of halogens is 1. The molecule has 0 aliphatic rings. The molecule has 0 radical (unpaired) electrons. The zero-order valence-electron chi connectivity index (χ0n) is 12.7. The van der Waals surface area contributed by atoms with Gasteiger partial charge in [-0.05, 0) is 31.2 Å². The molecule has 0 bridgehead atoms. The summed E-state index contributed by atoms with van der Waals surface area (Å²) < 4.78 is 11.9. The van der Waals surface area contributed by atoms with Gasteiger partial charge in [-0.2, -0.15) is 0 Å². The van der Waals surface area contributed by atoms with Crippen LogP contribution in [0.2, 0.25) is 0 Å². The molecule has 0 spiro atoms. The Bertz CT molecular complexity index is 1010. The predicted octanol–water partition coefficient (Wildman–Crippen LogP) is 5.39. The molecule has 2 heterocycles. The van der Waals surface area contributed by atoms with Gasteiger partial charge in [0, 0.05) is 15.4 Å². The summed E-state index contributed by atoms with van der Waals surface area (Å²) in [6, 6.07) is 16.8. The van der Waals surface area contributed by atoms with E-state index in [1.54, 1.807) is 13.0 Å². The van der Waals surface area contributed by atoms with Gasteiger partial charge in [0.05, 0.1) is 5.56 Å². The van der Waals surface area contributed by atoms with E-state index in [2.05, 4.69) is 21.1 Å². The topological polar surface area (TPSA) is 56.2 Å². The fraction of sp³-hybridized carbons (Fsp3) is 0.0526. The van der Waals surface area contributed by atoms with E-state index in [-0.39, 0.29) is 11.5 Å². The average Bonchev–Trinajstić information content (AvgIpc) is 3.18. The zero-order valence-corrected chi connectivity index (χ0v) is 14.3. The number of benzene rings is 2. The van der Waals surface area contributed by atoms with Crippen LogP contribution in [0.3, 0.4) is 0 Å². The van der Waals surface area contributed by atoms with E-state index in [1.807, 2.05) is 48.5 Å². The molecule has 0 atom stereocenters. The van der Waals surface area contributed by atoms with Crippen molar-refractivity contribution < 1.29 is 13.7 Å². The molecule has 0 amide bonds. The van der Waals surface area contributed by atoms with E-state index in [0.29, 0.717) is 22.6 Å². The molecule has 2 aromatic heterocycles. The molecule has 0 aliphatic carbocycles. The molecule has 4 aromatic rings. The van der Waals surface area contributed by atoms with Crippen LogP contribution in [0.5, 0.6) is 0 Å². The summed E-state index contributed by atoms with van der Waals surface area (Å²) in [4.78, 5) is 13.0. The summed E-state index contributed by atoms with van der Waals surface area (Å²) in [6.45, 7) is 1.73. The standard InChI is InChI=1S/C19H12BrNO3/c1-11-17(18(21-24-11)12-6-8-14(20)9-7-12)19(22)16-10-13-4-2-3-5-15(13)23-16/h2-10H,1H3. The smallest absolute Gasteiger partial charge is 0.234 e. The highest BCUT2D eigenvalue weighted by Crippen LogP contribution is 2.30. The minimum atomic E-state index is -0.233. The maximum absolute atomic E-state index is 13.0. The molecule has 0 unspecified atom stereocenters. The number of rotatable bonds is 3. The lowest BCUT2D eigenvalue weighted by Crippen LogP contribution is -2.02. The fourth-order valence-corrected chi connectivity index (χ4v) is 2.93. The normalized spacial score (nSPS) is 11.1. The number of carbonyl (C=O) groups is 1. The third-order valence-corrected chi connectivity index (χ3v) is 4.39. The first-order chi connectivity index (χ1) is 11.6. The van der Waals surface area contributed by atoms with Crippen molar-refractivity contribution in [1.29, 1.82) is 0 Å². The second-order valence-electron chi connectivity index (χ2n) is 5.45. The Kier molecular flexibility index (Phi) is 3.58. The highest BCUT2D eigenvalue weighted by Gasteiger charge is 2.25. The number of ketones is 1. The Balaban J connectivity index is 1.82. The van der Waals surface area contributed by atoms with Crippen molar-refractivity contribution in [3.8, 4) is 11.3 Å². The Morgan fingerprint density at radius 1 is 1.08 bits per heavy atom. The van der Waals surface area contributed by atoms with E-state index < -0.39 is 0 Å². The van der Waals surface area contributed by atoms with Crippen LogP contribution in [-0.4, -0.2) is 10.9 Å². The van der Waals surface area contributed by atoms with Gasteiger partial charge >= 0.3 is 0 Å². The van der Waals surface area contributed by atoms with Crippen LogP contribution in [0.4, 0.5) is 0 Å². The quantitative estimate of drug-likeness (QED) is 0.446. The van der Waals surface area contributed by atoms with E-state index in [4.69, 9.17) is 8.94 Å². The van der Waals surface area contributed by atoms with Crippen LogP contribution in [0, 0.1) is 6.92 Å². The molecule has 0 saturated heterocycles. The largest absolute Gasteiger partial charge is 0.453 e. The first-order valence-electron chi connectivity index (χ1n) is 7.39. The van der Waals surface area contributed by atoms with E-state index in [1.165, 1.54) is 0 Å². The zero-order chi connectivity index (χ0) is 16.7. The molecule has 4 nitrogen and oxygen atoms in total. The van der Waals surface area contributed by atoms with Gasteiger partial charge in [-0.15, -0.1) is 0 Å². The van der Waals surface area contributed by atoms with Crippen molar-refractivity contribution in [1.82, 2.24) is 5.16 Å². The summed E-state index contributed by atoms with van der Waals surface area (Å²) in [6.07, 6.45) is 0. The van der Waals surface area contributed by atoms with E-state index >= 15 is 0 Å². The summed E-state index contributed by atoms with van der Waals surface area (Å²) in [5.41, 5.74) is 2.44. The number of hydrogen-bond donors (Lipinski definition) is 0. The Morgan fingerprint density at radius 3 is 2.58 bits per heavy atom. The van der Waals surface area contributed by atoms with Gasteiger partial charge in [-0.25, -0.2) is 0 Å². The first-order valence-corrected chi connectivity index (χ1v) is 8.18. The third kappa shape index (κ3) is 2.47. The van der Waals surface area contributed by atoms with Crippen LogP contribution in [0.1, 0.15) is 21.9 Å². The molecule has 2 aromatic carbocycles. The second kappa shape index (κ2) is 5.76. The first kappa shape index (κ1) is 14.9. The van der Waals surface area contributed by atoms with Crippen molar-refractivity contribution in [3.63, 3.8) is 0 Å². The molecule has 0 fully saturated rings. The Morgan fingerprint density at radius 2 is 1.83 bits per heavy atom. The molecular formula is C19H12BrNO3. The minimum Gasteiger partial charge on any atom is -0.453 e. The maximum Gasteiger partial charge on any atom is 0.234 e. The molecule has 0 aliphatic heterocycles. The van der Waals surface area contributed by atoms with Crippen LogP contribution < -0.4 is 0 Å². The maximum atomic E-state index is 13.0. The number of hydrogen-bond acceptors (Lipinski definition) is 4. The van der Waals surface area contributed by atoms with Gasteiger partial charge in [0.2, 0.25) is 5.78 Å². The molecule has 24 heavy (non-hydrogen) atoms. The SMILES string of the molecule is Cc1onc(-c2ccc(Br)cc2)c1C(=O)c1cc2ccccc2o1. The highest BCUT2D eigenvalue weighted by molar-refractivity contribution is 9.10. The number of aryl methyl sites for hydroxylation is 1. The number of carbonyl (C=O) groups excluding carboxylic acids is 1. The molecule has 0 N–H and O–H groups in total. The number of fused-ring (bicyclic) bond motifs is 1. The van der Waals surface area contributed by atoms with Crippen molar-refractivity contribution in [3.05, 3.63) is 76.2 Å². The van der Waals surface area contributed by atoms with Gasteiger partial charge in [0.15, 0.2) is 5.76 Å². The highest BCUT2D eigenvalue weighted by atomic mass is 79.9. The molecule has 118 valence electrons. The van der Waals surface area contributed by atoms with E-state index in [0.717, 1.165) is 15.4 Å². The summed E-state index contributed by atoms with van der Waals surface area (Å²) in [5.74, 6) is 0.516. The van der Waals surface area contributed by atoms with Gasteiger partial charge in [0.25, 0.3) is 0 Å². The van der Waals surface area contributed by atoms with Crippen LogP contribution in [0.25, 0.3) is 22.2 Å². The number of aromatic nitrogens is 1. The molecule has 5 heteroatoms. The molecular weight excluding hydrogens is 370 g/mol. The summed E-state index contributed by atoms with van der Waals surface area (Å²) in [5, 5.41) is 4.95. The monoisotopic (exact) mass is 381 g/mol. The number of furan rings is 1. The van der Waals surface area contributed by atoms with E-state index in [9.17, 15) is 4.79 Å². The Hall–Kier alpha value is -2.66. The predicted molar refractivity (Wildman–Crippen MR) is 94.0 cm³/mol. The lowest BCUT2D eigenvalue weighted by Gasteiger charge is -2.00. The summed E-state index contributed by atoms with van der Waals surface area (Å²) >= 11 is 3.40.